The van der Waals surface area contributed by atoms with E-state index in [9.17, 15) is 14.7 Å². The van der Waals surface area contributed by atoms with Gasteiger partial charge in [0.2, 0.25) is 0 Å². The van der Waals surface area contributed by atoms with Gasteiger partial charge in [-0.1, -0.05) is 6.07 Å². The molecule has 6 fully saturated rings. The second-order valence-electron chi connectivity index (χ2n) is 12.8. The standard InChI is InChI=1S/C30H37N3O4/c1-16-2-7-22(11-23(16)29(35)36)31-28(34)26-24(32-27(33-26)25-20-3-4-21(25)6-5-20)15-37-30-12-17-8-18(13-30)10-19(9-17)14-30/h2,7,11,17-21,25H,3-6,8-10,12-15H2,1H3,(H,31,34)(H,32,33)(H,35,36). The highest BCUT2D eigenvalue weighted by atomic mass is 16.5. The maximum atomic E-state index is 13.5. The van der Waals surface area contributed by atoms with Crippen molar-refractivity contribution < 1.29 is 19.4 Å². The Morgan fingerprint density at radius 3 is 2.27 bits per heavy atom. The highest BCUT2D eigenvalue weighted by molar-refractivity contribution is 6.04. The van der Waals surface area contributed by atoms with Gasteiger partial charge in [0.15, 0.2) is 5.69 Å². The Hall–Kier alpha value is -2.67. The number of carboxylic acids is 1. The van der Waals surface area contributed by atoms with Gasteiger partial charge >= 0.3 is 5.97 Å². The predicted octanol–water partition coefficient (Wildman–Crippen LogP) is 6.06. The normalized spacial score (nSPS) is 35.3. The highest BCUT2D eigenvalue weighted by Gasteiger charge is 2.52. The van der Waals surface area contributed by atoms with Crippen molar-refractivity contribution in [2.24, 2.45) is 29.6 Å². The molecule has 1 aromatic heterocycles. The third-order valence-corrected chi connectivity index (χ3v) is 10.4. The number of benzene rings is 1. The SMILES string of the molecule is Cc1ccc(NC(=O)c2nc(C3C4CCC3CC4)[nH]c2COC23CC4CC(CC(C4)C2)C3)cc1C(=O)O. The number of nitrogens with zero attached hydrogens (tertiary/aromatic N) is 1. The first kappa shape index (κ1) is 23.4. The number of carbonyl (C=O) groups excluding carboxylic acids is 1. The zero-order chi connectivity index (χ0) is 25.3. The summed E-state index contributed by atoms with van der Waals surface area (Å²) in [5, 5.41) is 12.4. The minimum atomic E-state index is -1.00. The highest BCUT2D eigenvalue weighted by Crippen LogP contribution is 2.57. The third-order valence-electron chi connectivity index (χ3n) is 10.4. The number of aryl methyl sites for hydroxylation is 1. The first-order valence-corrected chi connectivity index (χ1v) is 14.2. The van der Waals surface area contributed by atoms with E-state index in [-0.39, 0.29) is 17.1 Å². The maximum absolute atomic E-state index is 13.5. The minimum absolute atomic E-state index is 0.0481. The largest absolute Gasteiger partial charge is 0.478 e. The van der Waals surface area contributed by atoms with Gasteiger partial charge in [-0.15, -0.1) is 0 Å². The van der Waals surface area contributed by atoms with Crippen LogP contribution in [0.5, 0.6) is 0 Å². The number of aromatic carboxylic acids is 1. The lowest BCUT2D eigenvalue weighted by atomic mass is 9.54. The Balaban J connectivity index is 1.16. The number of fused-ring (bicyclic) bond motifs is 2. The van der Waals surface area contributed by atoms with Crippen molar-refractivity contribution in [1.29, 1.82) is 0 Å². The molecule has 2 aromatic rings. The van der Waals surface area contributed by atoms with Crippen molar-refractivity contribution in [3.05, 3.63) is 46.5 Å². The van der Waals surface area contributed by atoms with Gasteiger partial charge in [-0.05, 0) is 118 Å². The number of imidazole rings is 1. The first-order chi connectivity index (χ1) is 17.9. The summed E-state index contributed by atoms with van der Waals surface area (Å²) < 4.78 is 6.75. The summed E-state index contributed by atoms with van der Waals surface area (Å²) in [7, 11) is 0. The topological polar surface area (TPSA) is 104 Å². The number of nitrogens with one attached hydrogen (secondary N) is 2. The van der Waals surface area contributed by atoms with Crippen molar-refractivity contribution >= 4 is 17.6 Å². The van der Waals surface area contributed by atoms with Crippen LogP contribution in [0.2, 0.25) is 0 Å². The average molecular weight is 504 g/mol. The molecule has 0 radical (unpaired) electrons. The van der Waals surface area contributed by atoms with E-state index in [0.29, 0.717) is 41.3 Å². The van der Waals surface area contributed by atoms with Crippen molar-refractivity contribution in [3.63, 3.8) is 0 Å². The number of aromatic nitrogens is 2. The number of amides is 1. The number of carboxylic acid groups (broad SMARTS) is 1. The van der Waals surface area contributed by atoms with E-state index in [4.69, 9.17) is 9.72 Å². The number of hydrogen-bond donors (Lipinski definition) is 3. The van der Waals surface area contributed by atoms with Gasteiger partial charge in [-0.3, -0.25) is 4.79 Å². The molecular weight excluding hydrogens is 466 g/mol. The van der Waals surface area contributed by atoms with Gasteiger partial charge < -0.3 is 20.1 Å². The van der Waals surface area contributed by atoms with Crippen LogP contribution < -0.4 is 5.32 Å². The Morgan fingerprint density at radius 1 is 1.05 bits per heavy atom. The van der Waals surface area contributed by atoms with Crippen LogP contribution in [-0.2, 0) is 11.3 Å². The number of aromatic amines is 1. The molecule has 0 spiro atoms. The summed E-state index contributed by atoms with van der Waals surface area (Å²) in [6.45, 7) is 2.13. The second kappa shape index (κ2) is 8.69. The molecule has 0 aliphatic heterocycles. The van der Waals surface area contributed by atoms with Crippen LogP contribution in [0.4, 0.5) is 5.69 Å². The Kier molecular flexibility index (Phi) is 5.50. The second-order valence-corrected chi connectivity index (χ2v) is 12.8. The summed E-state index contributed by atoms with van der Waals surface area (Å²) in [6.07, 6.45) is 12.5. The van der Waals surface area contributed by atoms with E-state index in [0.717, 1.165) is 48.5 Å². The number of hydrogen-bond acceptors (Lipinski definition) is 4. The molecule has 0 saturated heterocycles. The molecule has 0 atom stereocenters. The molecule has 0 unspecified atom stereocenters. The molecule has 1 amide bonds. The molecule has 1 aromatic carbocycles. The molecule has 7 nitrogen and oxygen atoms in total. The van der Waals surface area contributed by atoms with Gasteiger partial charge in [0, 0.05) is 11.6 Å². The quantitative estimate of drug-likeness (QED) is 0.426. The number of H-pyrrole nitrogens is 1. The van der Waals surface area contributed by atoms with E-state index < -0.39 is 5.97 Å². The Bertz CT molecular complexity index is 1190. The van der Waals surface area contributed by atoms with Crippen LogP contribution >= 0.6 is 0 Å². The zero-order valence-corrected chi connectivity index (χ0v) is 21.6. The lowest BCUT2D eigenvalue weighted by molar-refractivity contribution is -0.169. The molecule has 8 rings (SSSR count). The van der Waals surface area contributed by atoms with E-state index in [2.05, 4.69) is 10.3 Å². The summed E-state index contributed by atoms with van der Waals surface area (Å²) in [5.74, 6) is 3.72. The summed E-state index contributed by atoms with van der Waals surface area (Å²) in [4.78, 5) is 33.6. The first-order valence-electron chi connectivity index (χ1n) is 14.2. The smallest absolute Gasteiger partial charge is 0.336 e. The van der Waals surface area contributed by atoms with Crippen LogP contribution in [0.3, 0.4) is 0 Å². The fourth-order valence-electron chi connectivity index (χ4n) is 9.13. The molecule has 6 bridgehead atoms. The minimum Gasteiger partial charge on any atom is -0.478 e. The van der Waals surface area contributed by atoms with Crippen LogP contribution in [0.1, 0.15) is 108 Å². The summed E-state index contributed by atoms with van der Waals surface area (Å²) in [5.41, 5.74) is 2.42. The maximum Gasteiger partial charge on any atom is 0.336 e. The van der Waals surface area contributed by atoms with Gasteiger partial charge in [0.25, 0.3) is 5.91 Å². The Labute approximate surface area is 217 Å². The van der Waals surface area contributed by atoms with E-state index in [1.54, 1.807) is 19.1 Å². The third kappa shape index (κ3) is 4.10. The molecule has 6 aliphatic carbocycles. The van der Waals surface area contributed by atoms with Crippen molar-refractivity contribution in [2.45, 2.75) is 89.3 Å². The van der Waals surface area contributed by atoms with Gasteiger partial charge in [0.05, 0.1) is 23.5 Å². The number of rotatable bonds is 7. The van der Waals surface area contributed by atoms with Gasteiger partial charge in [-0.25, -0.2) is 9.78 Å². The lowest BCUT2D eigenvalue weighted by Crippen LogP contribution is -2.51. The molecule has 6 saturated carbocycles. The van der Waals surface area contributed by atoms with Crippen LogP contribution in [0.25, 0.3) is 0 Å². The number of anilines is 1. The van der Waals surface area contributed by atoms with Crippen LogP contribution in [0.15, 0.2) is 18.2 Å². The molecule has 3 N–H and O–H groups in total. The van der Waals surface area contributed by atoms with Crippen molar-refractivity contribution in [2.75, 3.05) is 5.32 Å². The van der Waals surface area contributed by atoms with Crippen molar-refractivity contribution in [3.8, 4) is 0 Å². The van der Waals surface area contributed by atoms with E-state index in [1.165, 1.54) is 51.0 Å². The summed E-state index contributed by atoms with van der Waals surface area (Å²) in [6, 6.07) is 4.99. The Morgan fingerprint density at radius 2 is 1.68 bits per heavy atom. The molecule has 196 valence electrons. The molecular formula is C30H37N3O4. The molecule has 37 heavy (non-hydrogen) atoms. The summed E-state index contributed by atoms with van der Waals surface area (Å²) >= 11 is 0. The van der Waals surface area contributed by atoms with Crippen LogP contribution in [-0.4, -0.2) is 32.6 Å². The van der Waals surface area contributed by atoms with Crippen molar-refractivity contribution in [1.82, 2.24) is 9.97 Å². The average Bonchev–Trinajstić information content (AvgIpc) is 3.57. The molecule has 6 aliphatic rings. The van der Waals surface area contributed by atoms with E-state index in [1.807, 2.05) is 0 Å². The number of carbonyl (C=O) groups is 2. The predicted molar refractivity (Wildman–Crippen MR) is 139 cm³/mol. The number of ether oxygens (including phenoxy) is 1. The van der Waals surface area contributed by atoms with Gasteiger partial charge in [0.1, 0.15) is 5.82 Å². The molecule has 7 heteroatoms. The fraction of sp³-hybridized carbons (Fsp3) is 0.633. The van der Waals surface area contributed by atoms with E-state index >= 15 is 0 Å². The molecule has 1 heterocycles. The lowest BCUT2D eigenvalue weighted by Gasteiger charge is -2.56. The fourth-order valence-corrected chi connectivity index (χ4v) is 9.13. The van der Waals surface area contributed by atoms with Gasteiger partial charge in [-0.2, -0.15) is 0 Å². The monoisotopic (exact) mass is 503 g/mol. The zero-order valence-electron chi connectivity index (χ0n) is 21.6. The van der Waals surface area contributed by atoms with Crippen LogP contribution in [0, 0.1) is 36.5 Å².